The molecule has 1 N–H and O–H groups in total. The summed E-state index contributed by atoms with van der Waals surface area (Å²) in [5.41, 5.74) is 2.49. The van der Waals surface area contributed by atoms with Crippen LogP contribution in [-0.4, -0.2) is 21.8 Å². The number of carbonyl (C=O) groups excluding carboxylic acids is 2. The van der Waals surface area contributed by atoms with Gasteiger partial charge in [-0.2, -0.15) is 0 Å². The van der Waals surface area contributed by atoms with Gasteiger partial charge in [-0.1, -0.05) is 40.9 Å². The van der Waals surface area contributed by atoms with Crippen molar-refractivity contribution >= 4 is 46.3 Å². The van der Waals surface area contributed by atoms with Gasteiger partial charge in [0.15, 0.2) is 0 Å². The number of Topliss-reactive ketones (excluding diaryl/α,β-unsaturated/α-hetero) is 1. The minimum Gasteiger partial charge on any atom is -0.507 e. The van der Waals surface area contributed by atoms with Gasteiger partial charge in [-0.15, -0.1) is 0 Å². The second-order valence-corrected chi connectivity index (χ2v) is 7.73. The third-order valence-corrected chi connectivity index (χ3v) is 5.71. The molecule has 30 heavy (non-hydrogen) atoms. The lowest BCUT2D eigenvalue weighted by Crippen LogP contribution is -2.29. The summed E-state index contributed by atoms with van der Waals surface area (Å²) in [7, 11) is 0. The molecule has 1 aromatic heterocycles. The average Bonchev–Trinajstić information content (AvgIpc) is 3.02. The molecule has 2 heterocycles. The highest BCUT2D eigenvalue weighted by molar-refractivity contribution is 6.51. The minimum atomic E-state index is -0.815. The van der Waals surface area contributed by atoms with E-state index in [9.17, 15) is 14.7 Å². The van der Waals surface area contributed by atoms with E-state index in [0.717, 1.165) is 5.56 Å². The molecule has 1 unspecified atom stereocenters. The number of amides is 1. The van der Waals surface area contributed by atoms with Crippen LogP contribution in [0.5, 0.6) is 0 Å². The van der Waals surface area contributed by atoms with Crippen molar-refractivity contribution in [3.8, 4) is 0 Å². The van der Waals surface area contributed by atoms with Crippen LogP contribution < -0.4 is 4.90 Å². The molecule has 0 radical (unpaired) electrons. The van der Waals surface area contributed by atoms with E-state index in [-0.39, 0.29) is 16.4 Å². The highest BCUT2D eigenvalue weighted by Crippen LogP contribution is 2.42. The Kier molecular flexibility index (Phi) is 5.33. The maximum atomic E-state index is 13.0. The van der Waals surface area contributed by atoms with E-state index in [1.165, 1.54) is 17.0 Å². The van der Waals surface area contributed by atoms with Crippen LogP contribution in [0.2, 0.25) is 10.0 Å². The molecule has 1 fully saturated rings. The Hall–Kier alpha value is -3.15. The van der Waals surface area contributed by atoms with Crippen molar-refractivity contribution in [2.45, 2.75) is 13.0 Å². The summed E-state index contributed by atoms with van der Waals surface area (Å²) in [6.07, 6.45) is 3.15. The normalized spacial score (nSPS) is 18.1. The molecule has 0 saturated carbocycles. The van der Waals surface area contributed by atoms with E-state index in [2.05, 4.69) is 4.98 Å². The van der Waals surface area contributed by atoms with Crippen LogP contribution in [0.15, 0.2) is 72.6 Å². The predicted octanol–water partition coefficient (Wildman–Crippen LogP) is 5.32. The van der Waals surface area contributed by atoms with Crippen LogP contribution >= 0.6 is 23.2 Å². The minimum absolute atomic E-state index is 0.0230. The Morgan fingerprint density at radius 1 is 0.967 bits per heavy atom. The molecule has 3 aromatic rings. The second kappa shape index (κ2) is 7.94. The molecule has 1 saturated heterocycles. The number of aliphatic hydroxyl groups excluding tert-OH is 1. The van der Waals surface area contributed by atoms with Crippen molar-refractivity contribution in [2.24, 2.45) is 0 Å². The smallest absolute Gasteiger partial charge is 0.300 e. The predicted molar refractivity (Wildman–Crippen MR) is 117 cm³/mol. The maximum Gasteiger partial charge on any atom is 0.300 e. The highest BCUT2D eigenvalue weighted by Gasteiger charge is 2.46. The lowest BCUT2D eigenvalue weighted by Gasteiger charge is -2.25. The summed E-state index contributed by atoms with van der Waals surface area (Å²) in [5, 5.41) is 11.6. The summed E-state index contributed by atoms with van der Waals surface area (Å²) < 4.78 is 0. The number of hydrogen-bond acceptors (Lipinski definition) is 4. The molecule has 1 aliphatic rings. The van der Waals surface area contributed by atoms with Gasteiger partial charge in [-0.3, -0.25) is 19.5 Å². The van der Waals surface area contributed by atoms with Crippen LogP contribution in [0.3, 0.4) is 0 Å². The van der Waals surface area contributed by atoms with Gasteiger partial charge in [0.2, 0.25) is 0 Å². The zero-order chi connectivity index (χ0) is 21.4. The monoisotopic (exact) mass is 438 g/mol. The SMILES string of the molecule is Cc1ccc(N2C(=O)C(=O)/C(=C(\O)c3ccc(Cl)c(Cl)c3)C2c2ccncc2)cc1. The first-order valence-corrected chi connectivity index (χ1v) is 9.87. The zero-order valence-electron chi connectivity index (χ0n) is 15.8. The lowest BCUT2D eigenvalue weighted by molar-refractivity contribution is -0.132. The first-order valence-electron chi connectivity index (χ1n) is 9.11. The Labute approximate surface area is 183 Å². The van der Waals surface area contributed by atoms with Crippen molar-refractivity contribution in [1.29, 1.82) is 0 Å². The summed E-state index contributed by atoms with van der Waals surface area (Å²) in [6, 6.07) is 14.4. The Morgan fingerprint density at radius 2 is 1.63 bits per heavy atom. The third kappa shape index (κ3) is 3.47. The van der Waals surface area contributed by atoms with Crippen LogP contribution in [0.25, 0.3) is 5.76 Å². The number of benzene rings is 2. The number of anilines is 1. The summed E-state index contributed by atoms with van der Waals surface area (Å²) in [6.45, 7) is 1.93. The molecule has 0 aliphatic carbocycles. The lowest BCUT2D eigenvalue weighted by atomic mass is 9.95. The number of aryl methyl sites for hydroxylation is 1. The first kappa shape index (κ1) is 20.1. The van der Waals surface area contributed by atoms with Crippen LogP contribution in [0, 0.1) is 6.92 Å². The molecule has 1 aliphatic heterocycles. The van der Waals surface area contributed by atoms with Gasteiger partial charge in [-0.25, -0.2) is 0 Å². The molecule has 1 amide bonds. The van der Waals surface area contributed by atoms with Crippen LogP contribution in [-0.2, 0) is 9.59 Å². The van der Waals surface area contributed by atoms with Gasteiger partial charge in [-0.05, 0) is 55.0 Å². The molecule has 4 rings (SSSR count). The fourth-order valence-electron chi connectivity index (χ4n) is 3.46. The number of aromatic nitrogens is 1. The quantitative estimate of drug-likeness (QED) is 0.341. The van der Waals surface area contributed by atoms with Gasteiger partial charge in [0.25, 0.3) is 11.7 Å². The van der Waals surface area contributed by atoms with E-state index in [1.54, 1.807) is 42.7 Å². The Bertz CT molecular complexity index is 1170. The molecule has 150 valence electrons. The summed E-state index contributed by atoms with van der Waals surface area (Å²) >= 11 is 12.1. The molecular weight excluding hydrogens is 423 g/mol. The molecule has 1 atom stereocenters. The fourth-order valence-corrected chi connectivity index (χ4v) is 3.76. The van der Waals surface area contributed by atoms with Gasteiger partial charge in [0.05, 0.1) is 21.7 Å². The number of aliphatic hydroxyl groups is 1. The number of rotatable bonds is 3. The molecule has 7 heteroatoms. The summed E-state index contributed by atoms with van der Waals surface area (Å²) in [4.78, 5) is 31.4. The number of halogens is 2. The largest absolute Gasteiger partial charge is 0.507 e. The molecular formula is C23H16Cl2N2O3. The summed E-state index contributed by atoms with van der Waals surface area (Å²) in [5.74, 6) is -1.81. The maximum absolute atomic E-state index is 13.0. The Morgan fingerprint density at radius 3 is 2.27 bits per heavy atom. The van der Waals surface area contributed by atoms with Gasteiger partial charge < -0.3 is 5.11 Å². The van der Waals surface area contributed by atoms with Crippen molar-refractivity contribution in [3.63, 3.8) is 0 Å². The van der Waals surface area contributed by atoms with Crippen molar-refractivity contribution in [2.75, 3.05) is 4.90 Å². The molecule has 5 nitrogen and oxygen atoms in total. The zero-order valence-corrected chi connectivity index (χ0v) is 17.4. The van der Waals surface area contributed by atoms with Crippen LogP contribution in [0.1, 0.15) is 22.7 Å². The third-order valence-electron chi connectivity index (χ3n) is 4.97. The fraction of sp³-hybridized carbons (Fsp3) is 0.0870. The molecule has 0 spiro atoms. The van der Waals surface area contributed by atoms with Crippen molar-refractivity contribution in [1.82, 2.24) is 4.98 Å². The number of nitrogens with zero attached hydrogens (tertiary/aromatic N) is 2. The van der Waals surface area contributed by atoms with E-state index >= 15 is 0 Å². The van der Waals surface area contributed by atoms with Gasteiger partial charge in [0.1, 0.15) is 5.76 Å². The van der Waals surface area contributed by atoms with Crippen molar-refractivity contribution < 1.29 is 14.7 Å². The second-order valence-electron chi connectivity index (χ2n) is 6.91. The van der Waals surface area contributed by atoms with E-state index in [1.807, 2.05) is 19.1 Å². The number of carbonyl (C=O) groups is 2. The standard InChI is InChI=1S/C23H16Cl2N2O3/c1-13-2-5-16(6-3-13)27-20(14-8-10-26-11-9-14)19(22(29)23(27)30)21(28)15-4-7-17(24)18(25)12-15/h2-12,20,28H,1H3/b21-19-. The molecule has 0 bridgehead atoms. The van der Waals surface area contributed by atoms with Crippen LogP contribution in [0.4, 0.5) is 5.69 Å². The number of pyridine rings is 1. The Balaban J connectivity index is 1.94. The average molecular weight is 439 g/mol. The van der Waals surface area contributed by atoms with E-state index in [4.69, 9.17) is 23.2 Å². The number of hydrogen-bond donors (Lipinski definition) is 1. The molecule has 2 aromatic carbocycles. The number of ketones is 1. The van der Waals surface area contributed by atoms with Crippen molar-refractivity contribution in [3.05, 3.63) is 99.3 Å². The first-order chi connectivity index (χ1) is 14.4. The van der Waals surface area contributed by atoms with Gasteiger partial charge in [0, 0.05) is 23.6 Å². The van der Waals surface area contributed by atoms with E-state index < -0.39 is 17.7 Å². The van der Waals surface area contributed by atoms with Gasteiger partial charge >= 0.3 is 0 Å². The topological polar surface area (TPSA) is 70.5 Å². The van der Waals surface area contributed by atoms with E-state index in [0.29, 0.717) is 21.8 Å². The highest BCUT2D eigenvalue weighted by atomic mass is 35.5.